The van der Waals surface area contributed by atoms with Crippen LogP contribution >= 0.6 is 0 Å². The fraction of sp³-hybridized carbons (Fsp3) is 0. The van der Waals surface area contributed by atoms with Gasteiger partial charge in [-0.05, 0) is 24.3 Å². The van der Waals surface area contributed by atoms with Gasteiger partial charge in [0.2, 0.25) is 0 Å². The lowest BCUT2D eigenvalue weighted by Gasteiger charge is -2.04. The number of carboxylic acids is 1. The summed E-state index contributed by atoms with van der Waals surface area (Å²) in [5.41, 5.74) is 0.0181. The Kier molecular flexibility index (Phi) is 2.66. The minimum absolute atomic E-state index is 0.111. The fourth-order valence-corrected chi connectivity index (χ4v) is 1.48. The molecule has 0 bridgehead atoms. The number of carbonyl (C=O) groups is 2. The molecule has 17 heavy (non-hydrogen) atoms. The van der Waals surface area contributed by atoms with Gasteiger partial charge in [-0.2, -0.15) is 0 Å². The zero-order valence-electron chi connectivity index (χ0n) is 8.58. The standard InChI is InChI=1S/C12H8O5/c13-6-7-4-5-10(17-7)8-2-1-3-9(11(8)14)12(15)16/h1-6,14H,(H,15,16). The van der Waals surface area contributed by atoms with Crippen LogP contribution in [0, 0.1) is 0 Å². The van der Waals surface area contributed by atoms with Crippen molar-refractivity contribution in [1.29, 1.82) is 0 Å². The van der Waals surface area contributed by atoms with Crippen LogP contribution in [0.4, 0.5) is 0 Å². The van der Waals surface area contributed by atoms with E-state index in [-0.39, 0.29) is 28.4 Å². The van der Waals surface area contributed by atoms with Gasteiger partial charge >= 0.3 is 5.97 Å². The Bertz CT molecular complexity index is 582. The van der Waals surface area contributed by atoms with Gasteiger partial charge in [-0.3, -0.25) is 4.79 Å². The third kappa shape index (κ3) is 1.90. The van der Waals surface area contributed by atoms with Crippen molar-refractivity contribution in [2.75, 3.05) is 0 Å². The molecule has 0 amide bonds. The predicted molar refractivity (Wildman–Crippen MR) is 58.2 cm³/mol. The van der Waals surface area contributed by atoms with Crippen molar-refractivity contribution in [2.45, 2.75) is 0 Å². The first-order chi connectivity index (χ1) is 8.13. The zero-order chi connectivity index (χ0) is 12.4. The Morgan fingerprint density at radius 2 is 2.00 bits per heavy atom. The van der Waals surface area contributed by atoms with E-state index in [4.69, 9.17) is 9.52 Å². The molecule has 5 heteroatoms. The first-order valence-corrected chi connectivity index (χ1v) is 4.74. The highest BCUT2D eigenvalue weighted by Crippen LogP contribution is 2.32. The van der Waals surface area contributed by atoms with Gasteiger partial charge in [0, 0.05) is 0 Å². The number of furan rings is 1. The van der Waals surface area contributed by atoms with Crippen LogP contribution in [0.3, 0.4) is 0 Å². The summed E-state index contributed by atoms with van der Waals surface area (Å²) >= 11 is 0. The van der Waals surface area contributed by atoms with Crippen LogP contribution in [0.25, 0.3) is 11.3 Å². The third-order valence-electron chi connectivity index (χ3n) is 2.27. The van der Waals surface area contributed by atoms with E-state index < -0.39 is 5.97 Å². The Morgan fingerprint density at radius 1 is 1.24 bits per heavy atom. The van der Waals surface area contributed by atoms with Gasteiger partial charge in [-0.15, -0.1) is 0 Å². The van der Waals surface area contributed by atoms with Crippen LogP contribution < -0.4 is 0 Å². The smallest absolute Gasteiger partial charge is 0.339 e. The summed E-state index contributed by atoms with van der Waals surface area (Å²) < 4.78 is 5.11. The molecule has 0 spiro atoms. The van der Waals surface area contributed by atoms with Crippen LogP contribution in [0.5, 0.6) is 5.75 Å². The van der Waals surface area contributed by atoms with Crippen molar-refractivity contribution in [2.24, 2.45) is 0 Å². The molecule has 0 saturated heterocycles. The second kappa shape index (κ2) is 4.13. The Labute approximate surface area is 95.9 Å². The molecule has 0 aliphatic carbocycles. The summed E-state index contributed by atoms with van der Waals surface area (Å²) in [6.45, 7) is 0. The summed E-state index contributed by atoms with van der Waals surface area (Å²) in [4.78, 5) is 21.3. The number of aromatic hydroxyl groups is 1. The summed E-state index contributed by atoms with van der Waals surface area (Å²) in [6, 6.07) is 7.21. The van der Waals surface area contributed by atoms with Gasteiger partial charge in [0.05, 0.1) is 5.56 Å². The third-order valence-corrected chi connectivity index (χ3v) is 2.27. The molecular formula is C12H8O5. The molecular weight excluding hydrogens is 224 g/mol. The number of carbonyl (C=O) groups excluding carboxylic acids is 1. The molecule has 1 aromatic carbocycles. The minimum Gasteiger partial charge on any atom is -0.506 e. The monoisotopic (exact) mass is 232 g/mol. The summed E-state index contributed by atoms with van der Waals surface area (Å²) in [5.74, 6) is -1.26. The molecule has 5 nitrogen and oxygen atoms in total. The number of benzene rings is 1. The number of rotatable bonds is 3. The van der Waals surface area contributed by atoms with Crippen molar-refractivity contribution in [3.8, 4) is 17.1 Å². The number of carboxylic acid groups (broad SMARTS) is 1. The SMILES string of the molecule is O=Cc1ccc(-c2cccc(C(=O)O)c2O)o1. The quantitative estimate of drug-likeness (QED) is 0.791. The lowest BCUT2D eigenvalue weighted by atomic mass is 10.1. The normalized spacial score (nSPS) is 10.1. The largest absolute Gasteiger partial charge is 0.506 e. The molecule has 0 aliphatic heterocycles. The predicted octanol–water partition coefficient (Wildman–Crippen LogP) is 2.16. The van der Waals surface area contributed by atoms with Crippen molar-refractivity contribution in [1.82, 2.24) is 0 Å². The van der Waals surface area contributed by atoms with Crippen molar-refractivity contribution in [3.05, 3.63) is 41.7 Å². The summed E-state index contributed by atoms with van der Waals surface area (Å²) in [5, 5.41) is 18.6. The molecule has 86 valence electrons. The van der Waals surface area contributed by atoms with E-state index in [0.717, 1.165) is 0 Å². The van der Waals surface area contributed by atoms with Gasteiger partial charge in [0.15, 0.2) is 12.0 Å². The van der Waals surface area contributed by atoms with E-state index in [2.05, 4.69) is 0 Å². The van der Waals surface area contributed by atoms with Gasteiger partial charge < -0.3 is 14.6 Å². The number of phenols is 1. The van der Waals surface area contributed by atoms with Crippen LogP contribution in [0.2, 0.25) is 0 Å². The lowest BCUT2D eigenvalue weighted by Crippen LogP contribution is -1.97. The average Bonchev–Trinajstić information content (AvgIpc) is 2.77. The lowest BCUT2D eigenvalue weighted by molar-refractivity contribution is 0.0693. The van der Waals surface area contributed by atoms with E-state index in [0.29, 0.717) is 6.29 Å². The van der Waals surface area contributed by atoms with Gasteiger partial charge in [-0.25, -0.2) is 4.79 Å². The number of hydrogen-bond donors (Lipinski definition) is 2. The molecule has 2 N–H and O–H groups in total. The maximum atomic E-state index is 10.8. The van der Waals surface area contributed by atoms with E-state index >= 15 is 0 Å². The van der Waals surface area contributed by atoms with Crippen molar-refractivity contribution < 1.29 is 24.2 Å². The average molecular weight is 232 g/mol. The highest BCUT2D eigenvalue weighted by atomic mass is 16.4. The first kappa shape index (κ1) is 10.9. The minimum atomic E-state index is -1.23. The maximum Gasteiger partial charge on any atom is 0.339 e. The Morgan fingerprint density at radius 3 is 2.59 bits per heavy atom. The molecule has 2 rings (SSSR count). The maximum absolute atomic E-state index is 10.8. The molecule has 1 aromatic heterocycles. The van der Waals surface area contributed by atoms with E-state index in [1.165, 1.54) is 30.3 Å². The molecule has 0 saturated carbocycles. The Hall–Kier alpha value is -2.56. The highest BCUT2D eigenvalue weighted by Gasteiger charge is 2.16. The van der Waals surface area contributed by atoms with E-state index in [1.54, 1.807) is 0 Å². The Balaban J connectivity index is 2.55. The molecule has 1 heterocycles. The van der Waals surface area contributed by atoms with Crippen LogP contribution in [-0.4, -0.2) is 22.5 Å². The van der Waals surface area contributed by atoms with E-state index in [9.17, 15) is 14.7 Å². The van der Waals surface area contributed by atoms with E-state index in [1.807, 2.05) is 0 Å². The van der Waals surface area contributed by atoms with Crippen LogP contribution in [0.1, 0.15) is 20.9 Å². The molecule has 0 aliphatic rings. The van der Waals surface area contributed by atoms with Crippen LogP contribution in [0.15, 0.2) is 34.7 Å². The molecule has 0 radical (unpaired) electrons. The number of para-hydroxylation sites is 1. The first-order valence-electron chi connectivity index (χ1n) is 4.74. The van der Waals surface area contributed by atoms with Gasteiger partial charge in [0.1, 0.15) is 17.1 Å². The number of aldehydes is 1. The van der Waals surface area contributed by atoms with Gasteiger partial charge in [-0.1, -0.05) is 6.07 Å². The molecule has 0 unspecified atom stereocenters. The van der Waals surface area contributed by atoms with Crippen molar-refractivity contribution in [3.63, 3.8) is 0 Å². The fourth-order valence-electron chi connectivity index (χ4n) is 1.48. The molecule has 0 atom stereocenters. The number of aromatic carboxylic acids is 1. The zero-order valence-corrected chi connectivity index (χ0v) is 8.58. The van der Waals surface area contributed by atoms with Crippen molar-refractivity contribution >= 4 is 12.3 Å². The molecule has 0 fully saturated rings. The van der Waals surface area contributed by atoms with Gasteiger partial charge in [0.25, 0.3) is 0 Å². The van der Waals surface area contributed by atoms with Crippen LogP contribution in [-0.2, 0) is 0 Å². The number of hydrogen-bond acceptors (Lipinski definition) is 4. The second-order valence-corrected chi connectivity index (χ2v) is 3.33. The second-order valence-electron chi connectivity index (χ2n) is 3.33. The highest BCUT2D eigenvalue weighted by molar-refractivity contribution is 5.93. The molecule has 2 aromatic rings. The summed E-state index contributed by atoms with van der Waals surface area (Å²) in [6.07, 6.45) is 0.529. The topological polar surface area (TPSA) is 87.7 Å². The summed E-state index contributed by atoms with van der Waals surface area (Å²) in [7, 11) is 0.